The maximum absolute atomic E-state index is 14.9. The van der Waals surface area contributed by atoms with Crippen LogP contribution in [0.15, 0.2) is 89.2 Å². The maximum Gasteiger partial charge on any atom is 0.325 e. The number of halogens is 2. The van der Waals surface area contributed by atoms with Crippen LogP contribution >= 0.6 is 23.2 Å². The van der Waals surface area contributed by atoms with Crippen molar-refractivity contribution >= 4 is 41.0 Å². The average Bonchev–Trinajstić information content (AvgIpc) is 3.13. The van der Waals surface area contributed by atoms with Crippen LogP contribution in [0.4, 0.5) is 4.79 Å². The minimum atomic E-state index is -0.639. The van der Waals surface area contributed by atoms with E-state index in [0.717, 1.165) is 17.0 Å². The average molecular weight is 760 g/mol. The monoisotopic (exact) mass is 758 g/mol. The Morgan fingerprint density at radius 2 is 1.77 bits per heavy atom. The van der Waals surface area contributed by atoms with Crippen LogP contribution in [0.3, 0.4) is 0 Å². The largest absolute Gasteiger partial charge is 0.493 e. The van der Waals surface area contributed by atoms with E-state index in [1.54, 1.807) is 17.3 Å². The number of urea groups is 1. The number of benzene rings is 1. The fourth-order valence-corrected chi connectivity index (χ4v) is 6.85. The molecule has 9 nitrogen and oxygen atoms in total. The Labute approximate surface area is 324 Å². The summed E-state index contributed by atoms with van der Waals surface area (Å²) >= 11 is 12.6. The summed E-state index contributed by atoms with van der Waals surface area (Å²) in [5.74, 6) is 1.29. The van der Waals surface area contributed by atoms with Crippen molar-refractivity contribution in [1.29, 1.82) is 0 Å². The molecule has 5 rings (SSSR count). The minimum absolute atomic E-state index is 0.0102. The molecule has 0 spiro atoms. The first kappa shape index (κ1) is 40.0. The van der Waals surface area contributed by atoms with E-state index < -0.39 is 5.54 Å². The standard InChI is InChI=1S/C42H52Cl2N6O3/c1-7-53-36-25-37(41(2,3)4)46-27-35(36)39(48-42(5,6)31-13-17-33(44)18-14-31)50(28-30-11-15-32(43)16-12-30)40(52)49-22-19-29(20-23-49)24-38(51)47-26-34-10-8-9-21-45-34/h8-13,15-18,21,25,27,29,31H,7,14,19-20,22-24,26,28H2,1-6H3,(H,47,51)/b48-39-. The van der Waals surface area contributed by atoms with Crippen molar-refractivity contribution in [3.8, 4) is 5.75 Å². The highest BCUT2D eigenvalue weighted by molar-refractivity contribution is 6.31. The number of carbonyl (C=O) groups excluding carboxylic acids is 2. The zero-order valence-corrected chi connectivity index (χ0v) is 33.3. The van der Waals surface area contributed by atoms with Crippen molar-refractivity contribution < 1.29 is 14.3 Å². The van der Waals surface area contributed by atoms with Gasteiger partial charge in [-0.1, -0.05) is 74.3 Å². The number of pyridine rings is 2. The molecule has 0 bridgehead atoms. The molecule has 1 aromatic carbocycles. The molecule has 0 saturated carbocycles. The number of rotatable bonds is 11. The summed E-state index contributed by atoms with van der Waals surface area (Å²) in [6, 6.07) is 15.0. The van der Waals surface area contributed by atoms with E-state index in [4.69, 9.17) is 37.9 Å². The number of allylic oxidation sites excluding steroid dienone is 3. The number of amides is 3. The molecule has 3 amide bonds. The highest BCUT2D eigenvalue weighted by Gasteiger charge is 2.35. The van der Waals surface area contributed by atoms with Crippen LogP contribution in [0.2, 0.25) is 5.02 Å². The predicted octanol–water partition coefficient (Wildman–Crippen LogP) is 9.09. The fraction of sp³-hybridized carbons (Fsp3) is 0.452. The lowest BCUT2D eigenvalue weighted by Crippen LogP contribution is -2.50. The van der Waals surface area contributed by atoms with Gasteiger partial charge in [-0.05, 0) is 81.9 Å². The summed E-state index contributed by atoms with van der Waals surface area (Å²) in [5, 5.41) is 4.31. The number of amidine groups is 1. The van der Waals surface area contributed by atoms with Gasteiger partial charge in [0.05, 0.1) is 36.5 Å². The molecule has 1 aliphatic carbocycles. The van der Waals surface area contributed by atoms with Crippen LogP contribution in [-0.2, 0) is 23.3 Å². The Morgan fingerprint density at radius 1 is 1.04 bits per heavy atom. The molecular weight excluding hydrogens is 707 g/mol. The molecule has 3 aromatic rings. The molecule has 11 heteroatoms. The van der Waals surface area contributed by atoms with Gasteiger partial charge < -0.3 is 15.0 Å². The molecule has 1 aliphatic heterocycles. The second-order valence-electron chi connectivity index (χ2n) is 15.4. The van der Waals surface area contributed by atoms with Gasteiger partial charge in [0.25, 0.3) is 0 Å². The topological polar surface area (TPSA) is 100 Å². The van der Waals surface area contributed by atoms with Crippen LogP contribution in [0.25, 0.3) is 0 Å². The molecule has 1 saturated heterocycles. The van der Waals surface area contributed by atoms with Crippen LogP contribution in [0.5, 0.6) is 5.75 Å². The molecule has 2 aromatic heterocycles. The summed E-state index contributed by atoms with van der Waals surface area (Å²) in [6.45, 7) is 14.6. The quantitative estimate of drug-likeness (QED) is 0.155. The van der Waals surface area contributed by atoms with E-state index in [0.29, 0.717) is 79.1 Å². The number of hydrogen-bond acceptors (Lipinski definition) is 6. The highest BCUT2D eigenvalue weighted by atomic mass is 35.5. The minimum Gasteiger partial charge on any atom is -0.493 e. The van der Waals surface area contributed by atoms with Gasteiger partial charge in [-0.25, -0.2) is 4.79 Å². The molecule has 282 valence electrons. The van der Waals surface area contributed by atoms with Gasteiger partial charge in [-0.15, -0.1) is 0 Å². The SMILES string of the molecule is CCOc1cc(C(C)(C)C)ncc1/C(=N/C(C)(C)C1C=CC(Cl)=CC1)N(Cc1ccc(Cl)cc1)C(=O)N1CCC(CC(=O)NCc2ccccn2)CC1. The zero-order chi connectivity index (χ0) is 38.2. The molecule has 53 heavy (non-hydrogen) atoms. The Balaban J connectivity index is 1.48. The summed E-state index contributed by atoms with van der Waals surface area (Å²) in [5.41, 5.74) is 2.37. The molecule has 0 radical (unpaired) electrons. The van der Waals surface area contributed by atoms with Gasteiger partial charge in [0.15, 0.2) is 0 Å². The summed E-state index contributed by atoms with van der Waals surface area (Å²) in [6.07, 6.45) is 12.1. The second-order valence-corrected chi connectivity index (χ2v) is 16.2. The normalized spacial score (nSPS) is 17.0. The van der Waals surface area contributed by atoms with E-state index in [-0.39, 0.29) is 35.7 Å². The number of ether oxygens (including phenoxy) is 1. The summed E-state index contributed by atoms with van der Waals surface area (Å²) in [7, 11) is 0. The first-order chi connectivity index (χ1) is 25.2. The Bertz CT molecular complexity index is 1810. The van der Waals surface area contributed by atoms with E-state index in [9.17, 15) is 9.59 Å². The van der Waals surface area contributed by atoms with Gasteiger partial charge in [-0.3, -0.25) is 24.7 Å². The summed E-state index contributed by atoms with van der Waals surface area (Å²) in [4.78, 5) is 46.1. The molecule has 1 fully saturated rings. The van der Waals surface area contributed by atoms with Gasteiger partial charge >= 0.3 is 6.03 Å². The van der Waals surface area contributed by atoms with Crippen molar-refractivity contribution in [2.75, 3.05) is 19.7 Å². The molecular formula is C42H52Cl2N6O3. The van der Waals surface area contributed by atoms with Gasteiger partial charge in [0.1, 0.15) is 11.6 Å². The highest BCUT2D eigenvalue weighted by Crippen LogP contribution is 2.35. The van der Waals surface area contributed by atoms with E-state index in [1.807, 2.05) is 72.5 Å². The number of likely N-dealkylation sites (tertiary alicyclic amines) is 1. The molecule has 1 N–H and O–H groups in total. The van der Waals surface area contributed by atoms with Crippen LogP contribution in [-0.4, -0.2) is 62.8 Å². The van der Waals surface area contributed by atoms with Crippen molar-refractivity contribution in [2.45, 2.75) is 91.3 Å². The fourth-order valence-electron chi connectivity index (χ4n) is 6.56. The van der Waals surface area contributed by atoms with Crippen LogP contribution in [0, 0.1) is 11.8 Å². The lowest BCUT2D eigenvalue weighted by atomic mass is 9.83. The number of aliphatic imine (C=N–C) groups is 1. The smallest absolute Gasteiger partial charge is 0.325 e. The lowest BCUT2D eigenvalue weighted by molar-refractivity contribution is -0.122. The Morgan fingerprint density at radius 3 is 2.40 bits per heavy atom. The van der Waals surface area contributed by atoms with E-state index in [1.165, 1.54) is 0 Å². The number of aromatic nitrogens is 2. The Kier molecular flexibility index (Phi) is 13.4. The number of nitrogens with zero attached hydrogens (tertiary/aromatic N) is 5. The van der Waals surface area contributed by atoms with Gasteiger partial charge in [-0.2, -0.15) is 0 Å². The third-order valence-corrected chi connectivity index (χ3v) is 10.4. The van der Waals surface area contributed by atoms with Crippen molar-refractivity contribution in [3.63, 3.8) is 0 Å². The number of carbonyl (C=O) groups is 2. The second kappa shape index (κ2) is 17.7. The lowest BCUT2D eigenvalue weighted by Gasteiger charge is -2.38. The van der Waals surface area contributed by atoms with Crippen molar-refractivity contribution in [1.82, 2.24) is 25.1 Å². The zero-order valence-electron chi connectivity index (χ0n) is 31.7. The van der Waals surface area contributed by atoms with Gasteiger partial charge in [0, 0.05) is 65.1 Å². The Hall–Kier alpha value is -4.21. The van der Waals surface area contributed by atoms with Crippen LogP contribution in [0.1, 0.15) is 89.7 Å². The van der Waals surface area contributed by atoms with Crippen LogP contribution < -0.4 is 10.1 Å². The van der Waals surface area contributed by atoms with Crippen molar-refractivity contribution in [2.24, 2.45) is 16.8 Å². The third-order valence-electron chi connectivity index (χ3n) is 9.82. The van der Waals surface area contributed by atoms with Crippen molar-refractivity contribution in [3.05, 3.63) is 112 Å². The maximum atomic E-state index is 14.9. The first-order valence-electron chi connectivity index (χ1n) is 18.5. The molecule has 3 heterocycles. The number of hydrogen-bond donors (Lipinski definition) is 1. The van der Waals surface area contributed by atoms with E-state index in [2.05, 4.69) is 51.0 Å². The third kappa shape index (κ3) is 10.9. The molecule has 1 unspecified atom stereocenters. The summed E-state index contributed by atoms with van der Waals surface area (Å²) < 4.78 is 6.30. The first-order valence-corrected chi connectivity index (χ1v) is 19.2. The predicted molar refractivity (Wildman–Crippen MR) is 213 cm³/mol. The molecule has 1 atom stereocenters. The van der Waals surface area contributed by atoms with E-state index >= 15 is 0 Å². The number of piperidine rings is 1. The number of nitrogens with one attached hydrogen (secondary N) is 1. The molecule has 2 aliphatic rings. The van der Waals surface area contributed by atoms with Gasteiger partial charge in [0.2, 0.25) is 5.91 Å².